The summed E-state index contributed by atoms with van der Waals surface area (Å²) in [7, 11) is 1.36. The molecule has 0 saturated heterocycles. The molecule has 8 heteroatoms. The van der Waals surface area contributed by atoms with Gasteiger partial charge >= 0.3 is 5.97 Å². The second-order valence-corrected chi connectivity index (χ2v) is 5.67. The molecule has 0 fully saturated rings. The lowest BCUT2D eigenvalue weighted by molar-refractivity contribution is -0.137. The van der Waals surface area contributed by atoms with Crippen LogP contribution in [0.3, 0.4) is 0 Å². The fraction of sp³-hybridized carbons (Fsp3) is 0.800. The summed E-state index contributed by atoms with van der Waals surface area (Å²) in [6, 6.07) is 0. The molecule has 1 aromatic rings. The van der Waals surface area contributed by atoms with E-state index in [-0.39, 0.29) is 17.3 Å². The molecule has 18 heavy (non-hydrogen) atoms. The first kappa shape index (κ1) is 14.9. The lowest BCUT2D eigenvalue weighted by Gasteiger charge is -2.20. The minimum absolute atomic E-state index is 0.0628. The number of aromatic nitrogens is 4. The summed E-state index contributed by atoms with van der Waals surface area (Å²) in [5.41, 5.74) is 0.0628. The smallest absolute Gasteiger partial charge is 0.316 e. The highest BCUT2D eigenvalue weighted by Crippen LogP contribution is 2.13. The van der Waals surface area contributed by atoms with Crippen LogP contribution in [0, 0.1) is 0 Å². The lowest BCUT2D eigenvalue weighted by atomic mass is 10.1. The molecule has 0 unspecified atom stereocenters. The number of thioether (sulfide) groups is 1. The molecule has 0 amide bonds. The molecule has 0 spiro atoms. The van der Waals surface area contributed by atoms with Gasteiger partial charge in [-0.05, 0) is 31.2 Å². The monoisotopic (exact) mass is 273 g/mol. The van der Waals surface area contributed by atoms with Gasteiger partial charge in [0.25, 0.3) is 0 Å². The number of carbonyl (C=O) groups excluding carboxylic acids is 1. The zero-order valence-corrected chi connectivity index (χ0v) is 12.0. The van der Waals surface area contributed by atoms with Gasteiger partial charge in [0, 0.05) is 12.1 Å². The third-order valence-electron chi connectivity index (χ3n) is 2.02. The highest BCUT2D eigenvalue weighted by atomic mass is 32.2. The maximum Gasteiger partial charge on any atom is 0.316 e. The van der Waals surface area contributed by atoms with Crippen LogP contribution in [0.25, 0.3) is 0 Å². The van der Waals surface area contributed by atoms with Crippen LogP contribution in [0.15, 0.2) is 5.16 Å². The van der Waals surface area contributed by atoms with Crippen LogP contribution in [0.1, 0.15) is 20.8 Å². The maximum absolute atomic E-state index is 11.0. The zero-order chi connectivity index (χ0) is 13.6. The Morgan fingerprint density at radius 1 is 1.50 bits per heavy atom. The molecule has 1 N–H and O–H groups in total. The Labute approximate surface area is 111 Å². The molecular weight excluding hydrogens is 254 g/mol. The predicted molar refractivity (Wildman–Crippen MR) is 68.3 cm³/mol. The molecule has 0 atom stereocenters. The number of rotatable bonds is 6. The highest BCUT2D eigenvalue weighted by molar-refractivity contribution is 7.99. The molecule has 0 aromatic carbocycles. The second-order valence-electron chi connectivity index (χ2n) is 4.73. The third kappa shape index (κ3) is 5.46. The van der Waals surface area contributed by atoms with Crippen molar-refractivity contribution in [3.63, 3.8) is 0 Å². The van der Waals surface area contributed by atoms with E-state index in [1.54, 1.807) is 4.68 Å². The van der Waals surface area contributed by atoms with Gasteiger partial charge in [0.15, 0.2) is 0 Å². The molecule has 0 bridgehead atoms. The van der Waals surface area contributed by atoms with Crippen LogP contribution < -0.4 is 5.32 Å². The minimum atomic E-state index is -0.289. The van der Waals surface area contributed by atoms with Gasteiger partial charge in [0.1, 0.15) is 0 Å². The molecule has 102 valence electrons. The topological polar surface area (TPSA) is 81.9 Å². The molecule has 0 radical (unpaired) electrons. The normalized spacial score (nSPS) is 11.6. The Hall–Kier alpha value is -1.15. The lowest BCUT2D eigenvalue weighted by Crippen LogP contribution is -2.38. The van der Waals surface area contributed by atoms with E-state index in [1.807, 2.05) is 0 Å². The fourth-order valence-electron chi connectivity index (χ4n) is 1.16. The van der Waals surface area contributed by atoms with Gasteiger partial charge < -0.3 is 10.1 Å². The number of methoxy groups -OCH3 is 1. The van der Waals surface area contributed by atoms with Gasteiger partial charge in [0.2, 0.25) is 5.16 Å². The second kappa shape index (κ2) is 6.69. The molecule has 0 aliphatic heterocycles. The van der Waals surface area contributed by atoms with E-state index in [0.29, 0.717) is 11.7 Å². The summed E-state index contributed by atoms with van der Waals surface area (Å²) >= 11 is 1.27. The van der Waals surface area contributed by atoms with E-state index >= 15 is 0 Å². The number of ether oxygens (including phenoxy) is 1. The Morgan fingerprint density at radius 2 is 2.22 bits per heavy atom. The Balaban J connectivity index is 2.42. The summed E-state index contributed by atoms with van der Waals surface area (Å²) in [5.74, 6) is -0.0776. The largest absolute Gasteiger partial charge is 0.468 e. The van der Waals surface area contributed by atoms with Crippen molar-refractivity contribution in [1.29, 1.82) is 0 Å². The quantitative estimate of drug-likeness (QED) is 0.590. The van der Waals surface area contributed by atoms with E-state index in [4.69, 9.17) is 0 Å². The Bertz CT molecular complexity index is 388. The molecule has 1 rings (SSSR count). The summed E-state index contributed by atoms with van der Waals surface area (Å²) in [5, 5.41) is 15.3. The Morgan fingerprint density at radius 3 is 2.83 bits per heavy atom. The molecular formula is C10H19N5O2S. The van der Waals surface area contributed by atoms with Crippen molar-refractivity contribution >= 4 is 17.7 Å². The van der Waals surface area contributed by atoms with Crippen molar-refractivity contribution in [3.05, 3.63) is 0 Å². The Kier molecular flexibility index (Phi) is 5.54. The van der Waals surface area contributed by atoms with E-state index in [1.165, 1.54) is 18.9 Å². The van der Waals surface area contributed by atoms with E-state index in [0.717, 1.165) is 6.54 Å². The number of nitrogens with zero attached hydrogens (tertiary/aromatic N) is 4. The van der Waals surface area contributed by atoms with E-state index in [2.05, 4.69) is 46.4 Å². The van der Waals surface area contributed by atoms with Gasteiger partial charge in [-0.3, -0.25) is 4.79 Å². The van der Waals surface area contributed by atoms with Gasteiger partial charge in [0.05, 0.1) is 19.4 Å². The molecule has 0 aliphatic rings. The highest BCUT2D eigenvalue weighted by Gasteiger charge is 2.12. The first-order chi connectivity index (χ1) is 8.42. The molecule has 0 aliphatic carbocycles. The average molecular weight is 273 g/mol. The van der Waals surface area contributed by atoms with E-state index in [9.17, 15) is 4.79 Å². The number of tetrazole rings is 1. The maximum atomic E-state index is 11.0. The fourth-order valence-corrected chi connectivity index (χ4v) is 1.90. The molecule has 7 nitrogen and oxygen atoms in total. The zero-order valence-electron chi connectivity index (χ0n) is 11.1. The van der Waals surface area contributed by atoms with Crippen molar-refractivity contribution in [2.24, 2.45) is 0 Å². The summed E-state index contributed by atoms with van der Waals surface area (Å²) < 4.78 is 6.24. The predicted octanol–water partition coefficient (Wildman–Crippen LogP) is 0.326. The van der Waals surface area contributed by atoms with Crippen molar-refractivity contribution < 1.29 is 9.53 Å². The standard InChI is InChI=1S/C10H19N5O2S/c1-10(2,3)11-5-6-15-9(12-13-14-15)18-7-8(16)17-4/h11H,5-7H2,1-4H3. The van der Waals surface area contributed by atoms with Gasteiger partial charge in [-0.2, -0.15) is 0 Å². The molecule has 0 saturated carbocycles. The van der Waals surface area contributed by atoms with Crippen LogP contribution in [0.4, 0.5) is 0 Å². The number of carbonyl (C=O) groups is 1. The number of nitrogens with one attached hydrogen (secondary N) is 1. The van der Waals surface area contributed by atoms with Crippen LogP contribution in [-0.4, -0.2) is 51.1 Å². The first-order valence-electron chi connectivity index (χ1n) is 5.63. The van der Waals surface area contributed by atoms with Crippen molar-refractivity contribution in [3.8, 4) is 0 Å². The number of hydrogen-bond donors (Lipinski definition) is 1. The summed E-state index contributed by atoms with van der Waals surface area (Å²) in [6.45, 7) is 7.71. The number of esters is 1. The van der Waals surface area contributed by atoms with Gasteiger partial charge in [-0.25, -0.2) is 4.68 Å². The van der Waals surface area contributed by atoms with Crippen LogP contribution in [0.2, 0.25) is 0 Å². The van der Waals surface area contributed by atoms with Crippen molar-refractivity contribution in [1.82, 2.24) is 25.5 Å². The van der Waals surface area contributed by atoms with Gasteiger partial charge in [-0.1, -0.05) is 11.8 Å². The SMILES string of the molecule is COC(=O)CSc1nnnn1CCNC(C)(C)C. The average Bonchev–Trinajstić information content (AvgIpc) is 2.72. The van der Waals surface area contributed by atoms with Crippen molar-refractivity contribution in [2.45, 2.75) is 38.0 Å². The van der Waals surface area contributed by atoms with Crippen LogP contribution in [0.5, 0.6) is 0 Å². The van der Waals surface area contributed by atoms with E-state index < -0.39 is 0 Å². The minimum Gasteiger partial charge on any atom is -0.468 e. The third-order valence-corrected chi connectivity index (χ3v) is 2.96. The molecule has 1 heterocycles. The van der Waals surface area contributed by atoms with Crippen LogP contribution in [-0.2, 0) is 16.1 Å². The molecule has 1 aromatic heterocycles. The van der Waals surface area contributed by atoms with Crippen molar-refractivity contribution in [2.75, 3.05) is 19.4 Å². The summed E-state index contributed by atoms with van der Waals surface area (Å²) in [4.78, 5) is 11.0. The summed E-state index contributed by atoms with van der Waals surface area (Å²) in [6.07, 6.45) is 0. The number of hydrogen-bond acceptors (Lipinski definition) is 7. The first-order valence-corrected chi connectivity index (χ1v) is 6.62. The van der Waals surface area contributed by atoms with Gasteiger partial charge in [-0.15, -0.1) is 5.10 Å². The van der Waals surface area contributed by atoms with Crippen LogP contribution >= 0.6 is 11.8 Å².